The Labute approximate surface area is 148 Å². The fourth-order valence-electron chi connectivity index (χ4n) is 3.34. The van der Waals surface area contributed by atoms with Crippen LogP contribution in [0.3, 0.4) is 0 Å². The fourth-order valence-corrected chi connectivity index (χ4v) is 4.23. The van der Waals surface area contributed by atoms with Gasteiger partial charge in [-0.05, 0) is 30.5 Å². The van der Waals surface area contributed by atoms with Crippen LogP contribution >= 0.6 is 0 Å². The maximum atomic E-state index is 12.6. The molecule has 7 heteroatoms. The Kier molecular flexibility index (Phi) is 5.87. The normalized spacial score (nSPS) is 17.0. The van der Waals surface area contributed by atoms with E-state index in [-0.39, 0.29) is 23.0 Å². The molecule has 138 valence electrons. The van der Waals surface area contributed by atoms with Crippen LogP contribution in [0.4, 0.5) is 0 Å². The van der Waals surface area contributed by atoms with Crippen molar-refractivity contribution in [1.82, 2.24) is 4.90 Å². The van der Waals surface area contributed by atoms with E-state index >= 15 is 0 Å². The van der Waals surface area contributed by atoms with Gasteiger partial charge >= 0.3 is 5.97 Å². The zero-order valence-electron chi connectivity index (χ0n) is 14.7. The first-order chi connectivity index (χ1) is 11.7. The second-order valence-electron chi connectivity index (χ2n) is 6.57. The zero-order chi connectivity index (χ0) is 18.7. The lowest BCUT2D eigenvalue weighted by molar-refractivity contribution is -0.160. The molecule has 0 bridgehead atoms. The minimum atomic E-state index is -3.27. The van der Waals surface area contributed by atoms with E-state index in [9.17, 15) is 23.1 Å². The van der Waals surface area contributed by atoms with E-state index in [1.54, 1.807) is 26.1 Å². The van der Waals surface area contributed by atoms with Gasteiger partial charge in [0.05, 0.1) is 17.1 Å². The van der Waals surface area contributed by atoms with Crippen molar-refractivity contribution in [3.8, 4) is 0 Å². The number of carboxylic acids is 1. The van der Waals surface area contributed by atoms with E-state index in [4.69, 9.17) is 0 Å². The molecule has 1 amide bonds. The van der Waals surface area contributed by atoms with Crippen molar-refractivity contribution in [2.24, 2.45) is 0 Å². The highest BCUT2D eigenvalue weighted by atomic mass is 32.2. The number of hydrogen-bond donors (Lipinski definition) is 1. The maximum Gasteiger partial charge on any atom is 0.329 e. The Balaban J connectivity index is 2.14. The molecule has 1 saturated carbocycles. The van der Waals surface area contributed by atoms with Crippen molar-refractivity contribution in [1.29, 1.82) is 0 Å². The number of sulfone groups is 1. The third-order valence-electron chi connectivity index (χ3n) is 5.11. The molecular formula is C18H25NO5S. The molecule has 1 aromatic carbocycles. The van der Waals surface area contributed by atoms with Gasteiger partial charge in [-0.2, -0.15) is 0 Å². The summed E-state index contributed by atoms with van der Waals surface area (Å²) in [5, 5.41) is 9.67. The summed E-state index contributed by atoms with van der Waals surface area (Å²) in [6.45, 7) is 1.58. The largest absolute Gasteiger partial charge is 0.479 e. The molecule has 0 heterocycles. The molecular weight excluding hydrogens is 342 g/mol. The molecule has 1 N–H and O–H groups in total. The lowest BCUT2D eigenvalue weighted by Gasteiger charge is -2.41. The summed E-state index contributed by atoms with van der Waals surface area (Å²) in [5.41, 5.74) is -0.455. The Morgan fingerprint density at radius 3 is 2.16 bits per heavy atom. The summed E-state index contributed by atoms with van der Waals surface area (Å²) >= 11 is 0. The Morgan fingerprint density at radius 2 is 1.68 bits per heavy atom. The summed E-state index contributed by atoms with van der Waals surface area (Å²) in [6.07, 6.45) is 3.58. The van der Waals surface area contributed by atoms with E-state index in [1.807, 2.05) is 0 Å². The van der Waals surface area contributed by atoms with Crippen molar-refractivity contribution >= 4 is 21.7 Å². The number of nitrogens with zero attached hydrogens (tertiary/aromatic N) is 1. The quantitative estimate of drug-likeness (QED) is 0.833. The van der Waals surface area contributed by atoms with E-state index in [0.717, 1.165) is 19.3 Å². The molecule has 1 fully saturated rings. The molecule has 2 rings (SSSR count). The topological polar surface area (TPSA) is 91.8 Å². The highest BCUT2D eigenvalue weighted by molar-refractivity contribution is 7.91. The van der Waals surface area contributed by atoms with Gasteiger partial charge in [-0.3, -0.25) is 4.79 Å². The molecule has 0 aliphatic heterocycles. The molecule has 6 nitrogen and oxygen atoms in total. The lowest BCUT2D eigenvalue weighted by Crippen LogP contribution is -2.56. The second-order valence-corrected chi connectivity index (χ2v) is 8.85. The van der Waals surface area contributed by atoms with Crippen LogP contribution in [0, 0.1) is 0 Å². The van der Waals surface area contributed by atoms with E-state index in [0.29, 0.717) is 18.4 Å². The Bertz CT molecular complexity index is 733. The standard InChI is InChI=1S/C18H25NO5S/c1-3-25(23,24)15-9-7-14(8-10-15)13-16(20)19(2)18(17(21)22)11-5-4-6-12-18/h7-10H,3-6,11-13H2,1-2H3,(H,21,22). The van der Waals surface area contributed by atoms with Gasteiger partial charge in [0.25, 0.3) is 0 Å². The van der Waals surface area contributed by atoms with Crippen LogP contribution in [0.1, 0.15) is 44.6 Å². The summed E-state index contributed by atoms with van der Waals surface area (Å²) in [7, 11) is -1.72. The number of carbonyl (C=O) groups is 2. The summed E-state index contributed by atoms with van der Waals surface area (Å²) in [5.74, 6) is -1.20. The monoisotopic (exact) mass is 367 g/mol. The average molecular weight is 367 g/mol. The van der Waals surface area contributed by atoms with Crippen molar-refractivity contribution < 1.29 is 23.1 Å². The molecule has 0 aromatic heterocycles. The number of rotatable bonds is 6. The number of hydrogen-bond acceptors (Lipinski definition) is 4. The van der Waals surface area contributed by atoms with Crippen LogP contribution < -0.4 is 0 Å². The number of carboxylic acid groups (broad SMARTS) is 1. The fraction of sp³-hybridized carbons (Fsp3) is 0.556. The van der Waals surface area contributed by atoms with Gasteiger partial charge in [-0.1, -0.05) is 38.3 Å². The third kappa shape index (κ3) is 4.03. The van der Waals surface area contributed by atoms with Gasteiger partial charge in [0.15, 0.2) is 9.84 Å². The average Bonchev–Trinajstić information content (AvgIpc) is 2.61. The first-order valence-corrected chi connectivity index (χ1v) is 10.2. The van der Waals surface area contributed by atoms with Gasteiger partial charge in [-0.25, -0.2) is 13.2 Å². The van der Waals surface area contributed by atoms with Crippen LogP contribution in [0.2, 0.25) is 0 Å². The maximum absolute atomic E-state index is 12.6. The first kappa shape index (κ1) is 19.4. The van der Waals surface area contributed by atoms with Crippen LogP contribution in [-0.2, 0) is 25.8 Å². The predicted octanol–water partition coefficient (Wildman–Crippen LogP) is 2.27. The van der Waals surface area contributed by atoms with Crippen molar-refractivity contribution in [2.45, 2.75) is 55.9 Å². The van der Waals surface area contributed by atoms with Crippen molar-refractivity contribution in [3.05, 3.63) is 29.8 Å². The number of amides is 1. The number of aliphatic carboxylic acids is 1. The molecule has 0 spiro atoms. The van der Waals surface area contributed by atoms with Crippen LogP contribution in [-0.4, -0.2) is 48.6 Å². The van der Waals surface area contributed by atoms with Crippen LogP contribution in [0.5, 0.6) is 0 Å². The van der Waals surface area contributed by atoms with Gasteiger partial charge in [0.1, 0.15) is 5.54 Å². The molecule has 0 radical (unpaired) electrons. The summed E-state index contributed by atoms with van der Waals surface area (Å²) in [4.78, 5) is 26.0. The van der Waals surface area contributed by atoms with Crippen LogP contribution in [0.25, 0.3) is 0 Å². The van der Waals surface area contributed by atoms with Gasteiger partial charge in [-0.15, -0.1) is 0 Å². The highest BCUT2D eigenvalue weighted by Crippen LogP contribution is 2.33. The molecule has 1 aliphatic rings. The predicted molar refractivity (Wildman–Crippen MR) is 94.1 cm³/mol. The zero-order valence-corrected chi connectivity index (χ0v) is 15.5. The van der Waals surface area contributed by atoms with Gasteiger partial charge < -0.3 is 10.0 Å². The smallest absolute Gasteiger partial charge is 0.329 e. The van der Waals surface area contributed by atoms with Crippen LogP contribution in [0.15, 0.2) is 29.2 Å². The van der Waals surface area contributed by atoms with E-state index in [1.165, 1.54) is 17.0 Å². The lowest BCUT2D eigenvalue weighted by atomic mass is 9.80. The molecule has 0 saturated heterocycles. The molecule has 1 aliphatic carbocycles. The van der Waals surface area contributed by atoms with Crippen molar-refractivity contribution in [2.75, 3.05) is 12.8 Å². The van der Waals surface area contributed by atoms with Gasteiger partial charge in [0, 0.05) is 7.05 Å². The SMILES string of the molecule is CCS(=O)(=O)c1ccc(CC(=O)N(C)C2(C(=O)O)CCCCC2)cc1. The third-order valence-corrected chi connectivity index (χ3v) is 6.86. The molecule has 0 unspecified atom stereocenters. The van der Waals surface area contributed by atoms with Crippen molar-refractivity contribution in [3.63, 3.8) is 0 Å². The van der Waals surface area contributed by atoms with E-state index in [2.05, 4.69) is 0 Å². The highest BCUT2D eigenvalue weighted by Gasteiger charge is 2.45. The van der Waals surface area contributed by atoms with Gasteiger partial charge in [0.2, 0.25) is 5.91 Å². The number of carbonyl (C=O) groups excluding carboxylic acids is 1. The van der Waals surface area contributed by atoms with E-state index < -0.39 is 21.3 Å². The first-order valence-electron chi connectivity index (χ1n) is 8.55. The minimum absolute atomic E-state index is 0.0230. The molecule has 0 atom stereocenters. The molecule has 1 aromatic rings. The Hall–Kier alpha value is -1.89. The number of benzene rings is 1. The number of likely N-dealkylation sites (N-methyl/N-ethyl adjacent to an activating group) is 1. The summed E-state index contributed by atoms with van der Waals surface area (Å²) < 4.78 is 23.7. The second kappa shape index (κ2) is 7.56. The summed E-state index contributed by atoms with van der Waals surface area (Å²) in [6, 6.07) is 6.22. The minimum Gasteiger partial charge on any atom is -0.479 e. The Morgan fingerprint density at radius 1 is 1.12 bits per heavy atom. The molecule has 25 heavy (non-hydrogen) atoms.